The topological polar surface area (TPSA) is 8.17 Å². The van der Waals surface area contributed by atoms with E-state index in [1.165, 1.54) is 92.2 Å². The van der Waals surface area contributed by atoms with E-state index in [1.807, 2.05) is 11.3 Å². The molecule has 0 radical (unpaired) electrons. The Labute approximate surface area is 353 Å². The van der Waals surface area contributed by atoms with Gasteiger partial charge in [0.1, 0.15) is 0 Å². The summed E-state index contributed by atoms with van der Waals surface area (Å²) in [4.78, 5) is 2.44. The highest BCUT2D eigenvalue weighted by molar-refractivity contribution is 7.25. The van der Waals surface area contributed by atoms with E-state index in [4.69, 9.17) is 0 Å². The highest BCUT2D eigenvalue weighted by Gasteiger charge is 2.35. The van der Waals surface area contributed by atoms with Gasteiger partial charge in [-0.1, -0.05) is 153 Å². The molecule has 1 aliphatic rings. The lowest BCUT2D eigenvalue weighted by molar-refractivity contribution is 0.660. The predicted molar refractivity (Wildman–Crippen MR) is 257 cm³/mol. The van der Waals surface area contributed by atoms with Crippen molar-refractivity contribution in [3.05, 3.63) is 217 Å². The number of rotatable bonds is 6. The van der Waals surface area contributed by atoms with Crippen molar-refractivity contribution >= 4 is 70.4 Å². The van der Waals surface area contributed by atoms with Gasteiger partial charge in [0.05, 0.1) is 16.7 Å². The first-order valence-electron chi connectivity index (χ1n) is 20.8. The van der Waals surface area contributed by atoms with Crippen molar-refractivity contribution in [3.63, 3.8) is 0 Å². The second-order valence-corrected chi connectivity index (χ2v) is 17.6. The first kappa shape index (κ1) is 34.8. The molecule has 284 valence electrons. The molecular weight excluding hydrogens is 745 g/mol. The van der Waals surface area contributed by atoms with Gasteiger partial charge in [-0.05, 0) is 106 Å². The SMILES string of the molecule is CC1(C)c2ccccc2-c2ccc(N(c3ccc(-c4cccc(-c5ccccc5-n5c6ccccc6c6ccccc65)c4)cc3)c3ccc4c(c3)sc3ccccc34)cc21. The maximum absolute atomic E-state index is 2.44. The first-order chi connectivity index (χ1) is 29.5. The molecule has 2 aromatic heterocycles. The van der Waals surface area contributed by atoms with Crippen LogP contribution in [0.5, 0.6) is 0 Å². The fourth-order valence-electron chi connectivity index (χ4n) is 9.90. The van der Waals surface area contributed by atoms with Crippen LogP contribution >= 0.6 is 11.3 Å². The van der Waals surface area contributed by atoms with Crippen molar-refractivity contribution in [3.8, 4) is 39.1 Å². The number of benzene rings is 9. The summed E-state index contributed by atoms with van der Waals surface area (Å²) in [5.41, 5.74) is 17.1. The van der Waals surface area contributed by atoms with Crippen LogP contribution in [0.25, 0.3) is 81.0 Å². The van der Waals surface area contributed by atoms with Crippen molar-refractivity contribution in [2.75, 3.05) is 4.90 Å². The van der Waals surface area contributed by atoms with E-state index in [9.17, 15) is 0 Å². The highest BCUT2D eigenvalue weighted by Crippen LogP contribution is 2.51. The number of fused-ring (bicyclic) bond motifs is 9. The zero-order valence-electron chi connectivity index (χ0n) is 33.4. The Bertz CT molecular complexity index is 3420. The average Bonchev–Trinajstić information content (AvgIpc) is 3.92. The lowest BCUT2D eigenvalue weighted by Gasteiger charge is -2.28. The summed E-state index contributed by atoms with van der Waals surface area (Å²) in [7, 11) is 0. The Morgan fingerprint density at radius 2 is 0.967 bits per heavy atom. The summed E-state index contributed by atoms with van der Waals surface area (Å²) in [6.07, 6.45) is 0. The van der Waals surface area contributed by atoms with Crippen molar-refractivity contribution in [1.29, 1.82) is 0 Å². The van der Waals surface area contributed by atoms with Crippen molar-refractivity contribution in [1.82, 2.24) is 4.57 Å². The third-order valence-corrected chi connectivity index (χ3v) is 13.9. The van der Waals surface area contributed by atoms with Gasteiger partial charge in [-0.2, -0.15) is 0 Å². The molecule has 0 amide bonds. The van der Waals surface area contributed by atoms with Crippen LogP contribution in [0.15, 0.2) is 206 Å². The van der Waals surface area contributed by atoms with Gasteiger partial charge in [0, 0.05) is 59.0 Å². The number of aromatic nitrogens is 1. The molecular formula is C57H40N2S. The second kappa shape index (κ2) is 13.4. The number of thiophene rings is 1. The molecule has 0 spiro atoms. The average molecular weight is 785 g/mol. The Kier molecular flexibility index (Phi) is 7.79. The molecule has 0 saturated carbocycles. The van der Waals surface area contributed by atoms with Crippen molar-refractivity contribution in [2.24, 2.45) is 0 Å². The minimum atomic E-state index is -0.0991. The number of para-hydroxylation sites is 3. The molecule has 0 unspecified atom stereocenters. The van der Waals surface area contributed by atoms with E-state index in [0.29, 0.717) is 0 Å². The van der Waals surface area contributed by atoms with E-state index in [2.05, 4.69) is 230 Å². The predicted octanol–water partition coefficient (Wildman–Crippen LogP) is 16.3. The number of nitrogens with zero attached hydrogens (tertiary/aromatic N) is 2. The molecule has 0 aliphatic heterocycles. The Balaban J connectivity index is 0.958. The lowest BCUT2D eigenvalue weighted by atomic mass is 9.82. The zero-order valence-corrected chi connectivity index (χ0v) is 34.2. The molecule has 0 bridgehead atoms. The van der Waals surface area contributed by atoms with Gasteiger partial charge in [0.15, 0.2) is 0 Å². The summed E-state index contributed by atoms with van der Waals surface area (Å²) in [5.74, 6) is 0. The number of hydrogen-bond donors (Lipinski definition) is 0. The monoisotopic (exact) mass is 784 g/mol. The van der Waals surface area contributed by atoms with Gasteiger partial charge < -0.3 is 9.47 Å². The maximum Gasteiger partial charge on any atom is 0.0541 e. The van der Waals surface area contributed by atoms with Crippen molar-refractivity contribution in [2.45, 2.75) is 19.3 Å². The van der Waals surface area contributed by atoms with Crippen LogP contribution in [-0.2, 0) is 5.41 Å². The molecule has 2 nitrogen and oxygen atoms in total. The Morgan fingerprint density at radius 1 is 0.383 bits per heavy atom. The van der Waals surface area contributed by atoms with Gasteiger partial charge in [-0.15, -0.1) is 11.3 Å². The standard InChI is InChI=1S/C57H40N2S/c1-57(2)50-21-8-3-17-44(50)45-32-30-41(35-51(45)57)58(42-31-33-49-48-20-7-12-25-55(48)60-56(49)36-42)40-28-26-37(27-29-40)38-14-13-15-39(34-38)43-16-4-9-22-52(43)59-53-23-10-5-18-46(53)47-19-6-11-24-54(47)59/h3-36H,1-2H3. The van der Waals surface area contributed by atoms with E-state index in [1.54, 1.807) is 0 Å². The first-order valence-corrected chi connectivity index (χ1v) is 21.6. The second-order valence-electron chi connectivity index (χ2n) is 16.5. The molecule has 11 aromatic rings. The van der Waals surface area contributed by atoms with Crippen LogP contribution in [0.3, 0.4) is 0 Å². The van der Waals surface area contributed by atoms with Crippen LogP contribution in [0, 0.1) is 0 Å². The van der Waals surface area contributed by atoms with E-state index in [-0.39, 0.29) is 5.41 Å². The molecule has 9 aromatic carbocycles. The lowest BCUT2D eigenvalue weighted by Crippen LogP contribution is -2.16. The summed E-state index contributed by atoms with van der Waals surface area (Å²) in [6.45, 7) is 4.72. The van der Waals surface area contributed by atoms with E-state index >= 15 is 0 Å². The minimum absolute atomic E-state index is 0.0991. The van der Waals surface area contributed by atoms with Crippen LogP contribution in [0.1, 0.15) is 25.0 Å². The van der Waals surface area contributed by atoms with Crippen LogP contribution in [0.4, 0.5) is 17.1 Å². The largest absolute Gasteiger partial charge is 0.310 e. The van der Waals surface area contributed by atoms with Crippen LogP contribution in [0.2, 0.25) is 0 Å². The van der Waals surface area contributed by atoms with Crippen LogP contribution < -0.4 is 4.90 Å². The van der Waals surface area contributed by atoms with Gasteiger partial charge >= 0.3 is 0 Å². The zero-order chi connectivity index (χ0) is 40.0. The number of anilines is 3. The third-order valence-electron chi connectivity index (χ3n) is 12.8. The molecule has 2 heterocycles. The quantitative estimate of drug-likeness (QED) is 0.163. The smallest absolute Gasteiger partial charge is 0.0541 e. The van der Waals surface area contributed by atoms with Crippen molar-refractivity contribution < 1.29 is 0 Å². The van der Waals surface area contributed by atoms with E-state index in [0.717, 1.165) is 17.1 Å². The molecule has 3 heteroatoms. The maximum atomic E-state index is 2.44. The summed E-state index contributed by atoms with van der Waals surface area (Å²) in [6, 6.07) is 76.1. The van der Waals surface area contributed by atoms with Gasteiger partial charge in [-0.3, -0.25) is 0 Å². The normalized spacial score (nSPS) is 13.0. The molecule has 1 aliphatic carbocycles. The summed E-state index contributed by atoms with van der Waals surface area (Å²) < 4.78 is 5.03. The molecule has 60 heavy (non-hydrogen) atoms. The van der Waals surface area contributed by atoms with Gasteiger partial charge in [-0.25, -0.2) is 0 Å². The third kappa shape index (κ3) is 5.33. The van der Waals surface area contributed by atoms with E-state index < -0.39 is 0 Å². The fourth-order valence-corrected chi connectivity index (χ4v) is 11.0. The molecule has 0 atom stereocenters. The summed E-state index contributed by atoms with van der Waals surface area (Å²) in [5, 5.41) is 5.16. The molecule has 0 N–H and O–H groups in total. The highest BCUT2D eigenvalue weighted by atomic mass is 32.1. The number of hydrogen-bond acceptors (Lipinski definition) is 2. The van der Waals surface area contributed by atoms with Gasteiger partial charge in [0.2, 0.25) is 0 Å². The Hall–Kier alpha value is -7.20. The Morgan fingerprint density at radius 3 is 1.77 bits per heavy atom. The summed E-state index contributed by atoms with van der Waals surface area (Å²) >= 11 is 1.87. The molecule has 0 saturated heterocycles. The van der Waals surface area contributed by atoms with Crippen LogP contribution in [-0.4, -0.2) is 4.57 Å². The molecule has 12 rings (SSSR count). The molecule has 0 fully saturated rings. The van der Waals surface area contributed by atoms with Gasteiger partial charge in [0.25, 0.3) is 0 Å². The fraction of sp³-hybridized carbons (Fsp3) is 0.0526. The minimum Gasteiger partial charge on any atom is -0.310 e.